The van der Waals surface area contributed by atoms with Crippen molar-refractivity contribution in [2.24, 2.45) is 0 Å². The summed E-state index contributed by atoms with van der Waals surface area (Å²) in [6, 6.07) is 1.63. The molecule has 1 rings (SSSR count). The largest absolute Gasteiger partial charge is 0.388 e. The van der Waals surface area contributed by atoms with E-state index in [0.29, 0.717) is 21.9 Å². The Morgan fingerprint density at radius 2 is 1.95 bits per heavy atom. The van der Waals surface area contributed by atoms with Gasteiger partial charge in [0.15, 0.2) is 0 Å². The van der Waals surface area contributed by atoms with Crippen molar-refractivity contribution in [2.75, 3.05) is 18.6 Å². The predicted molar refractivity (Wildman–Crippen MR) is 90.1 cm³/mol. The van der Waals surface area contributed by atoms with Crippen LogP contribution in [0, 0.1) is 13.8 Å². The number of nitrogens with one attached hydrogen (secondary N) is 1. The maximum atomic E-state index is 12.5. The van der Waals surface area contributed by atoms with Crippen LogP contribution in [0.15, 0.2) is 11.0 Å². The number of hydrogen-bond donors (Lipinski definition) is 2. The number of sulfonamides is 1. The highest BCUT2D eigenvalue weighted by Crippen LogP contribution is 2.33. The van der Waals surface area contributed by atoms with Gasteiger partial charge in [0.05, 0.1) is 10.6 Å². The van der Waals surface area contributed by atoms with Gasteiger partial charge in [-0.1, -0.05) is 23.2 Å². The van der Waals surface area contributed by atoms with E-state index in [1.807, 2.05) is 6.26 Å². The first-order chi connectivity index (χ1) is 9.52. The van der Waals surface area contributed by atoms with Crippen molar-refractivity contribution in [1.29, 1.82) is 0 Å². The van der Waals surface area contributed by atoms with Gasteiger partial charge in [-0.3, -0.25) is 0 Å². The van der Waals surface area contributed by atoms with E-state index in [4.69, 9.17) is 23.2 Å². The summed E-state index contributed by atoms with van der Waals surface area (Å²) in [7, 11) is -3.85. The minimum absolute atomic E-state index is 0.0332. The minimum atomic E-state index is -3.85. The van der Waals surface area contributed by atoms with Crippen molar-refractivity contribution in [1.82, 2.24) is 4.72 Å². The third-order valence-corrected chi connectivity index (χ3v) is 6.43. The third-order valence-electron chi connectivity index (χ3n) is 2.95. The van der Waals surface area contributed by atoms with Crippen LogP contribution in [0.4, 0.5) is 0 Å². The molecule has 0 radical (unpaired) electrons. The molecule has 1 aromatic rings. The second-order valence-electron chi connectivity index (χ2n) is 5.20. The fraction of sp³-hybridized carbons (Fsp3) is 0.538. The van der Waals surface area contributed by atoms with Crippen molar-refractivity contribution in [2.45, 2.75) is 31.3 Å². The number of rotatable bonds is 6. The number of thioether (sulfide) groups is 1. The van der Waals surface area contributed by atoms with Crippen LogP contribution in [0.3, 0.4) is 0 Å². The van der Waals surface area contributed by atoms with Gasteiger partial charge >= 0.3 is 0 Å². The van der Waals surface area contributed by atoms with Crippen LogP contribution in [0.1, 0.15) is 18.1 Å². The molecule has 8 heteroatoms. The molecule has 0 bridgehead atoms. The monoisotopic (exact) mass is 371 g/mol. The van der Waals surface area contributed by atoms with Gasteiger partial charge in [0.2, 0.25) is 10.0 Å². The van der Waals surface area contributed by atoms with Gasteiger partial charge in [-0.25, -0.2) is 13.1 Å². The fourth-order valence-electron chi connectivity index (χ4n) is 1.82. The van der Waals surface area contributed by atoms with E-state index in [1.54, 1.807) is 26.8 Å². The first-order valence-corrected chi connectivity index (χ1v) is 9.81. The Kier molecular flexibility index (Phi) is 6.41. The Hall–Kier alpha value is 0.0200. The standard InChI is InChI=1S/C13H19Cl2NO3S2/c1-8-5-10(14)9(2)12(11(8)15)21(18,19)16-6-13(3,17)7-20-4/h5,16-17H,6-7H2,1-4H3. The number of halogens is 2. The van der Waals surface area contributed by atoms with E-state index < -0.39 is 15.6 Å². The first-order valence-electron chi connectivity index (χ1n) is 6.18. The molecule has 4 nitrogen and oxygen atoms in total. The van der Waals surface area contributed by atoms with Crippen LogP contribution < -0.4 is 4.72 Å². The number of aryl methyl sites for hydroxylation is 1. The van der Waals surface area contributed by atoms with Gasteiger partial charge in [0.1, 0.15) is 4.90 Å². The minimum Gasteiger partial charge on any atom is -0.388 e. The number of aliphatic hydroxyl groups is 1. The molecule has 0 spiro atoms. The highest BCUT2D eigenvalue weighted by Gasteiger charge is 2.27. The van der Waals surface area contributed by atoms with Gasteiger partial charge in [0, 0.05) is 17.3 Å². The second-order valence-corrected chi connectivity index (χ2v) is 8.55. The van der Waals surface area contributed by atoms with Gasteiger partial charge in [-0.2, -0.15) is 11.8 Å². The second kappa shape index (κ2) is 7.06. The highest BCUT2D eigenvalue weighted by atomic mass is 35.5. The average Bonchev–Trinajstić information content (AvgIpc) is 2.34. The lowest BCUT2D eigenvalue weighted by Crippen LogP contribution is -2.42. The lowest BCUT2D eigenvalue weighted by molar-refractivity contribution is 0.0908. The van der Waals surface area contributed by atoms with Crippen molar-refractivity contribution in [3.63, 3.8) is 0 Å². The Balaban J connectivity index is 3.16. The van der Waals surface area contributed by atoms with E-state index in [2.05, 4.69) is 4.72 Å². The van der Waals surface area contributed by atoms with Crippen LogP contribution in [0.5, 0.6) is 0 Å². The molecular formula is C13H19Cl2NO3S2. The summed E-state index contributed by atoms with van der Waals surface area (Å²) in [6.45, 7) is 4.76. The molecule has 0 saturated carbocycles. The fourth-order valence-corrected chi connectivity index (χ4v) is 4.91. The van der Waals surface area contributed by atoms with Crippen LogP contribution >= 0.6 is 35.0 Å². The zero-order valence-electron chi connectivity index (χ0n) is 12.3. The quantitative estimate of drug-likeness (QED) is 0.806. The van der Waals surface area contributed by atoms with Crippen molar-refractivity contribution < 1.29 is 13.5 Å². The molecule has 1 aromatic carbocycles. The molecule has 0 saturated heterocycles. The predicted octanol–water partition coefficient (Wildman–Crippen LogP) is 3.00. The molecular weight excluding hydrogens is 353 g/mol. The summed E-state index contributed by atoms with van der Waals surface area (Å²) in [5.74, 6) is 0.413. The molecule has 2 N–H and O–H groups in total. The van der Waals surface area contributed by atoms with E-state index in [-0.39, 0.29) is 16.5 Å². The molecule has 120 valence electrons. The topological polar surface area (TPSA) is 66.4 Å². The molecule has 0 aliphatic carbocycles. The number of hydrogen-bond acceptors (Lipinski definition) is 4. The normalized spacial score (nSPS) is 15.0. The van der Waals surface area contributed by atoms with Crippen molar-refractivity contribution in [3.8, 4) is 0 Å². The SMILES string of the molecule is CSCC(C)(O)CNS(=O)(=O)c1c(C)c(Cl)cc(C)c1Cl. The molecule has 1 atom stereocenters. The lowest BCUT2D eigenvalue weighted by atomic mass is 10.1. The Morgan fingerprint density at radius 3 is 2.48 bits per heavy atom. The van der Waals surface area contributed by atoms with Crippen molar-refractivity contribution in [3.05, 3.63) is 27.2 Å². The smallest absolute Gasteiger partial charge is 0.242 e. The first kappa shape index (κ1) is 19.1. The van der Waals surface area contributed by atoms with Gasteiger partial charge in [-0.15, -0.1) is 0 Å². The zero-order valence-corrected chi connectivity index (χ0v) is 15.5. The third kappa shape index (κ3) is 4.74. The molecule has 21 heavy (non-hydrogen) atoms. The number of benzene rings is 1. The molecule has 1 unspecified atom stereocenters. The Morgan fingerprint density at radius 1 is 1.38 bits per heavy atom. The van der Waals surface area contributed by atoms with E-state index in [1.165, 1.54) is 11.8 Å². The van der Waals surface area contributed by atoms with Crippen molar-refractivity contribution >= 4 is 45.0 Å². The van der Waals surface area contributed by atoms with Crippen LogP contribution in [-0.2, 0) is 10.0 Å². The summed E-state index contributed by atoms with van der Waals surface area (Å²) < 4.78 is 27.3. The molecule has 0 heterocycles. The van der Waals surface area contributed by atoms with E-state index in [9.17, 15) is 13.5 Å². The summed E-state index contributed by atoms with van der Waals surface area (Å²) in [5, 5.41) is 10.6. The van der Waals surface area contributed by atoms with Crippen LogP contribution in [0.2, 0.25) is 10.0 Å². The summed E-state index contributed by atoms with van der Waals surface area (Å²) in [4.78, 5) is -0.0332. The highest BCUT2D eigenvalue weighted by molar-refractivity contribution is 7.98. The van der Waals surface area contributed by atoms with E-state index >= 15 is 0 Å². The average molecular weight is 372 g/mol. The summed E-state index contributed by atoms with van der Waals surface area (Å²) in [5.41, 5.74) is -0.159. The zero-order chi connectivity index (χ0) is 16.4. The van der Waals surface area contributed by atoms with Gasteiger partial charge in [0.25, 0.3) is 0 Å². The molecule has 0 amide bonds. The van der Waals surface area contributed by atoms with Gasteiger partial charge in [-0.05, 0) is 44.2 Å². The summed E-state index contributed by atoms with van der Waals surface area (Å²) >= 11 is 13.6. The molecule has 0 aromatic heterocycles. The summed E-state index contributed by atoms with van der Waals surface area (Å²) in [6.07, 6.45) is 1.84. The van der Waals surface area contributed by atoms with Gasteiger partial charge < -0.3 is 5.11 Å². The van der Waals surface area contributed by atoms with Crippen LogP contribution in [0.25, 0.3) is 0 Å². The Bertz CT molecular complexity index is 605. The lowest BCUT2D eigenvalue weighted by Gasteiger charge is -2.23. The Labute approximate surface area is 140 Å². The molecule has 0 fully saturated rings. The maximum Gasteiger partial charge on any atom is 0.242 e. The maximum absolute atomic E-state index is 12.5. The molecule has 0 aliphatic heterocycles. The molecule has 0 aliphatic rings. The van der Waals surface area contributed by atoms with E-state index in [0.717, 1.165) is 0 Å². The van der Waals surface area contributed by atoms with Crippen LogP contribution in [-0.4, -0.2) is 37.7 Å².